The Hall–Kier alpha value is -3.93. The average Bonchev–Trinajstić information content (AvgIpc) is 2.88. The summed E-state index contributed by atoms with van der Waals surface area (Å²) in [5.74, 6) is 0.931. The summed E-state index contributed by atoms with van der Waals surface area (Å²) in [6, 6.07) is 20.3. The second-order valence-electron chi connectivity index (χ2n) is 10.4. The number of aromatic nitrogens is 2. The maximum atomic E-state index is 13.9. The number of methoxy groups -OCH3 is 1. The van der Waals surface area contributed by atoms with Gasteiger partial charge in [-0.3, -0.25) is 14.2 Å². The molecule has 6 nitrogen and oxygen atoms in total. The molecule has 1 atom stereocenters. The number of hydrogen-bond acceptors (Lipinski definition) is 4. The molecule has 192 valence electrons. The number of carbonyl (C=O) groups is 1. The predicted octanol–water partition coefficient (Wildman–Crippen LogP) is 6.22. The van der Waals surface area contributed by atoms with E-state index in [1.54, 1.807) is 22.6 Å². The van der Waals surface area contributed by atoms with Crippen LogP contribution in [0.3, 0.4) is 0 Å². The minimum absolute atomic E-state index is 0.00271. The number of carbonyl (C=O) groups excluding carboxylic acids is 1. The Balaban J connectivity index is 1.88. The van der Waals surface area contributed by atoms with E-state index >= 15 is 0 Å². The molecule has 4 rings (SSSR count). The molecule has 1 amide bonds. The molecule has 1 aromatic heterocycles. The second kappa shape index (κ2) is 10.2. The summed E-state index contributed by atoms with van der Waals surface area (Å²) in [7, 11) is 1.58. The van der Waals surface area contributed by atoms with Crippen molar-refractivity contribution in [2.75, 3.05) is 13.7 Å². The molecule has 0 saturated carbocycles. The van der Waals surface area contributed by atoms with Crippen molar-refractivity contribution in [3.05, 3.63) is 99.6 Å². The molecular weight excluding hydrogens is 462 g/mol. The fourth-order valence-corrected chi connectivity index (χ4v) is 4.65. The fraction of sp³-hybridized carbons (Fsp3) is 0.323. The van der Waals surface area contributed by atoms with Gasteiger partial charge in [0.25, 0.3) is 11.5 Å². The molecule has 0 spiro atoms. The third-order valence-corrected chi connectivity index (χ3v) is 6.82. The van der Waals surface area contributed by atoms with Crippen molar-refractivity contribution in [2.24, 2.45) is 0 Å². The first-order valence-electron chi connectivity index (χ1n) is 12.6. The first-order chi connectivity index (χ1) is 17.6. The largest absolute Gasteiger partial charge is 0.495 e. The number of amides is 1. The number of rotatable bonds is 6. The predicted molar refractivity (Wildman–Crippen MR) is 149 cm³/mol. The van der Waals surface area contributed by atoms with Gasteiger partial charge in [-0.15, -0.1) is 0 Å². The Morgan fingerprint density at radius 1 is 1.05 bits per heavy atom. The van der Waals surface area contributed by atoms with Crippen molar-refractivity contribution in [3.63, 3.8) is 0 Å². The summed E-state index contributed by atoms with van der Waals surface area (Å²) >= 11 is 0. The lowest BCUT2D eigenvalue weighted by molar-refractivity contribution is 0.0693. The summed E-state index contributed by atoms with van der Waals surface area (Å²) in [5, 5.41) is 0.508. The summed E-state index contributed by atoms with van der Waals surface area (Å²) in [6.45, 7) is 12.7. The van der Waals surface area contributed by atoms with Gasteiger partial charge < -0.3 is 9.64 Å². The van der Waals surface area contributed by atoms with Gasteiger partial charge >= 0.3 is 0 Å². The van der Waals surface area contributed by atoms with Gasteiger partial charge in [-0.25, -0.2) is 4.98 Å². The van der Waals surface area contributed by atoms with Crippen molar-refractivity contribution in [3.8, 4) is 11.4 Å². The standard InChI is InChI=1S/C31H35N3O3/c1-8-33(29(35)22-14-16-23(17-15-22)31(4,5)6)21(3)28-32-25-12-10-9-11-24(25)30(36)34(28)26-19-20(2)13-18-27(26)37-7/h9-19,21H,8H2,1-7H3. The van der Waals surface area contributed by atoms with Crippen LogP contribution in [-0.4, -0.2) is 34.0 Å². The highest BCUT2D eigenvalue weighted by Gasteiger charge is 2.28. The molecule has 0 aliphatic heterocycles. The monoisotopic (exact) mass is 497 g/mol. The third-order valence-electron chi connectivity index (χ3n) is 6.82. The Bertz CT molecular complexity index is 1500. The molecule has 3 aromatic carbocycles. The van der Waals surface area contributed by atoms with Gasteiger partial charge in [0.1, 0.15) is 11.6 Å². The maximum Gasteiger partial charge on any atom is 0.266 e. The fourth-order valence-electron chi connectivity index (χ4n) is 4.65. The minimum Gasteiger partial charge on any atom is -0.495 e. The van der Waals surface area contributed by atoms with Crippen molar-refractivity contribution in [1.29, 1.82) is 0 Å². The van der Waals surface area contributed by atoms with Crippen LogP contribution in [0.15, 0.2) is 71.5 Å². The van der Waals surface area contributed by atoms with Gasteiger partial charge in [-0.05, 0) is 73.7 Å². The summed E-state index contributed by atoms with van der Waals surface area (Å²) in [5.41, 5.74) is 3.74. The zero-order chi connectivity index (χ0) is 26.9. The molecule has 0 radical (unpaired) electrons. The van der Waals surface area contributed by atoms with Gasteiger partial charge in [0.2, 0.25) is 0 Å². The number of ether oxygens (including phenoxy) is 1. The molecular formula is C31H35N3O3. The minimum atomic E-state index is -0.484. The van der Waals surface area contributed by atoms with Crippen LogP contribution in [-0.2, 0) is 5.41 Å². The van der Waals surface area contributed by atoms with Crippen LogP contribution < -0.4 is 10.3 Å². The molecule has 4 aromatic rings. The van der Waals surface area contributed by atoms with Crippen molar-refractivity contribution in [2.45, 2.75) is 53.0 Å². The molecule has 0 bridgehead atoms. The number of fused-ring (bicyclic) bond motifs is 1. The highest BCUT2D eigenvalue weighted by molar-refractivity contribution is 5.94. The quantitative estimate of drug-likeness (QED) is 0.317. The van der Waals surface area contributed by atoms with E-state index in [2.05, 4.69) is 20.8 Å². The highest BCUT2D eigenvalue weighted by atomic mass is 16.5. The molecule has 1 unspecified atom stereocenters. The van der Waals surface area contributed by atoms with E-state index in [-0.39, 0.29) is 16.9 Å². The van der Waals surface area contributed by atoms with Crippen molar-refractivity contribution < 1.29 is 9.53 Å². The van der Waals surface area contributed by atoms with Crippen LogP contribution in [0.5, 0.6) is 5.75 Å². The number of para-hydroxylation sites is 1. The molecule has 0 N–H and O–H groups in total. The molecule has 0 saturated heterocycles. The SMILES string of the molecule is CCN(C(=O)c1ccc(C(C)(C)C)cc1)C(C)c1nc2ccccc2c(=O)n1-c1cc(C)ccc1OC. The van der Waals surface area contributed by atoms with Crippen LogP contribution in [0, 0.1) is 6.92 Å². The van der Waals surface area contributed by atoms with E-state index in [4.69, 9.17) is 9.72 Å². The Morgan fingerprint density at radius 3 is 2.35 bits per heavy atom. The number of benzene rings is 3. The maximum absolute atomic E-state index is 13.9. The van der Waals surface area contributed by atoms with Gasteiger partial charge in [-0.2, -0.15) is 0 Å². The topological polar surface area (TPSA) is 64.4 Å². The smallest absolute Gasteiger partial charge is 0.266 e. The van der Waals surface area contributed by atoms with Gasteiger partial charge in [0, 0.05) is 12.1 Å². The van der Waals surface area contributed by atoms with E-state index in [0.717, 1.165) is 11.1 Å². The molecule has 37 heavy (non-hydrogen) atoms. The normalized spacial score (nSPS) is 12.4. The first kappa shape index (κ1) is 26.1. The summed E-state index contributed by atoms with van der Waals surface area (Å²) in [6.07, 6.45) is 0. The highest BCUT2D eigenvalue weighted by Crippen LogP contribution is 2.30. The number of nitrogens with zero attached hydrogens (tertiary/aromatic N) is 3. The van der Waals surface area contributed by atoms with Crippen molar-refractivity contribution in [1.82, 2.24) is 14.5 Å². The van der Waals surface area contributed by atoms with E-state index in [1.165, 1.54) is 0 Å². The molecule has 0 fully saturated rings. The zero-order valence-electron chi connectivity index (χ0n) is 22.7. The second-order valence-corrected chi connectivity index (χ2v) is 10.4. The summed E-state index contributed by atoms with van der Waals surface area (Å²) in [4.78, 5) is 34.3. The number of aryl methyl sites for hydroxylation is 1. The summed E-state index contributed by atoms with van der Waals surface area (Å²) < 4.78 is 7.23. The molecule has 6 heteroatoms. The molecule has 0 aliphatic rings. The Morgan fingerprint density at radius 2 is 1.73 bits per heavy atom. The Labute approximate surface area is 218 Å². The number of hydrogen-bond donors (Lipinski definition) is 0. The van der Waals surface area contributed by atoms with Crippen LogP contribution in [0.2, 0.25) is 0 Å². The van der Waals surface area contributed by atoms with Gasteiger partial charge in [0.15, 0.2) is 0 Å². The van der Waals surface area contributed by atoms with Crippen LogP contribution in [0.1, 0.15) is 68.0 Å². The lowest BCUT2D eigenvalue weighted by atomic mass is 9.86. The van der Waals surface area contributed by atoms with E-state index in [1.807, 2.05) is 81.4 Å². The molecule has 0 aliphatic carbocycles. The van der Waals surface area contributed by atoms with E-state index in [9.17, 15) is 9.59 Å². The zero-order valence-corrected chi connectivity index (χ0v) is 22.7. The lowest BCUT2D eigenvalue weighted by Crippen LogP contribution is -2.37. The van der Waals surface area contributed by atoms with E-state index in [0.29, 0.717) is 40.3 Å². The average molecular weight is 498 g/mol. The Kier molecular flexibility index (Phi) is 7.21. The van der Waals surface area contributed by atoms with Crippen LogP contribution in [0.4, 0.5) is 0 Å². The van der Waals surface area contributed by atoms with Gasteiger partial charge in [-0.1, -0.05) is 51.1 Å². The molecule has 1 heterocycles. The van der Waals surface area contributed by atoms with Crippen LogP contribution >= 0.6 is 0 Å². The lowest BCUT2D eigenvalue weighted by Gasteiger charge is -2.30. The first-order valence-corrected chi connectivity index (χ1v) is 12.6. The van der Waals surface area contributed by atoms with Crippen molar-refractivity contribution >= 4 is 16.8 Å². The van der Waals surface area contributed by atoms with Crippen LogP contribution in [0.25, 0.3) is 16.6 Å². The van der Waals surface area contributed by atoms with E-state index < -0.39 is 6.04 Å². The third kappa shape index (κ3) is 5.01. The van der Waals surface area contributed by atoms with Gasteiger partial charge in [0.05, 0.1) is 29.7 Å².